The van der Waals surface area contributed by atoms with E-state index in [4.69, 9.17) is 33.7 Å². The van der Waals surface area contributed by atoms with Crippen molar-refractivity contribution in [3.8, 4) is 5.75 Å². The number of anilines is 1. The van der Waals surface area contributed by atoms with Crippen LogP contribution >= 0.6 is 23.2 Å². The van der Waals surface area contributed by atoms with E-state index in [1.807, 2.05) is 12.3 Å². The van der Waals surface area contributed by atoms with E-state index in [1.165, 1.54) is 12.1 Å². The summed E-state index contributed by atoms with van der Waals surface area (Å²) in [5, 5.41) is 3.65. The number of rotatable bonds is 7. The Kier molecular flexibility index (Phi) is 8.29. The molecule has 1 saturated heterocycles. The van der Waals surface area contributed by atoms with Gasteiger partial charge in [0.05, 0.1) is 5.02 Å². The highest BCUT2D eigenvalue weighted by Gasteiger charge is 2.21. The molecule has 3 N–H and O–H groups in total. The maximum atomic E-state index is 13.9. The molecule has 166 valence electrons. The molecule has 0 radical (unpaired) electrons. The van der Waals surface area contributed by atoms with Crippen LogP contribution in [0.15, 0.2) is 35.5 Å². The molecule has 2 heterocycles. The molecule has 31 heavy (non-hydrogen) atoms. The van der Waals surface area contributed by atoms with Crippen molar-refractivity contribution in [1.82, 2.24) is 10.3 Å². The minimum Gasteiger partial charge on any atom is -0.482 e. The van der Waals surface area contributed by atoms with Crippen molar-refractivity contribution < 1.29 is 9.13 Å². The van der Waals surface area contributed by atoms with Gasteiger partial charge in [0.15, 0.2) is 11.6 Å². The molecule has 5 nitrogen and oxygen atoms in total. The van der Waals surface area contributed by atoms with E-state index in [0.717, 1.165) is 31.5 Å². The van der Waals surface area contributed by atoms with E-state index >= 15 is 0 Å². The van der Waals surface area contributed by atoms with Crippen molar-refractivity contribution in [2.75, 3.05) is 25.9 Å². The molecule has 0 aliphatic carbocycles. The quantitative estimate of drug-likeness (QED) is 0.414. The second-order valence-electron chi connectivity index (χ2n) is 7.60. The number of ether oxygens (including phenoxy) is 1. The van der Waals surface area contributed by atoms with Crippen LogP contribution in [0.3, 0.4) is 0 Å². The van der Waals surface area contributed by atoms with E-state index in [1.54, 1.807) is 26.2 Å². The number of hydrogen-bond donors (Lipinski definition) is 2. The zero-order valence-electron chi connectivity index (χ0n) is 17.6. The van der Waals surface area contributed by atoms with E-state index < -0.39 is 11.9 Å². The Morgan fingerprint density at radius 3 is 2.77 bits per heavy atom. The lowest BCUT2D eigenvalue weighted by atomic mass is 9.85. The summed E-state index contributed by atoms with van der Waals surface area (Å²) < 4.78 is 19.9. The average Bonchev–Trinajstić information content (AvgIpc) is 2.76. The Morgan fingerprint density at radius 1 is 1.32 bits per heavy atom. The van der Waals surface area contributed by atoms with Crippen LogP contribution in [0.1, 0.15) is 37.0 Å². The van der Waals surface area contributed by atoms with Gasteiger partial charge in [0.25, 0.3) is 0 Å². The third-order valence-electron chi connectivity index (χ3n) is 5.45. The molecule has 1 aromatic heterocycles. The van der Waals surface area contributed by atoms with Gasteiger partial charge in [-0.25, -0.2) is 9.37 Å². The Labute approximate surface area is 192 Å². The second kappa shape index (κ2) is 10.9. The monoisotopic (exact) mass is 464 g/mol. The standard InChI is InChI=1S/C23H27Cl2FN4O/c1-14(21-18(24)5-6-19(26)22(21)25)31-20-11-15(12-30-23(20)27)3-4-17(13-28-2)16-7-9-29-10-8-16/h3-6,11-14,16-17,29H,7-10H2,1-2H3,(H2,27,30)/b4-3+,28-13?. The second-order valence-corrected chi connectivity index (χ2v) is 8.39. The van der Waals surface area contributed by atoms with Gasteiger partial charge in [-0.05, 0) is 62.5 Å². The molecular weight excluding hydrogens is 438 g/mol. The van der Waals surface area contributed by atoms with Gasteiger partial charge in [-0.3, -0.25) is 0 Å². The lowest BCUT2D eigenvalue weighted by Crippen LogP contribution is -2.31. The summed E-state index contributed by atoms with van der Waals surface area (Å²) in [6.07, 6.45) is 9.43. The summed E-state index contributed by atoms with van der Waals surface area (Å²) in [7, 11) is 1.79. The van der Waals surface area contributed by atoms with Crippen LogP contribution in [0.25, 0.3) is 6.08 Å². The van der Waals surface area contributed by atoms with Crippen LogP contribution in [0.5, 0.6) is 5.75 Å². The van der Waals surface area contributed by atoms with Crippen LogP contribution in [0, 0.1) is 17.7 Å². The van der Waals surface area contributed by atoms with E-state index in [2.05, 4.69) is 21.4 Å². The molecule has 8 heteroatoms. The average molecular weight is 465 g/mol. The topological polar surface area (TPSA) is 72.5 Å². The van der Waals surface area contributed by atoms with Gasteiger partial charge in [0.1, 0.15) is 11.9 Å². The Hall–Kier alpha value is -2.15. The van der Waals surface area contributed by atoms with E-state index in [-0.39, 0.29) is 16.8 Å². The van der Waals surface area contributed by atoms with Gasteiger partial charge in [-0.2, -0.15) is 0 Å². The first-order valence-electron chi connectivity index (χ1n) is 10.3. The van der Waals surface area contributed by atoms with Crippen LogP contribution in [0.2, 0.25) is 10.0 Å². The fraction of sp³-hybridized carbons (Fsp3) is 0.391. The molecular formula is C23H27Cl2FN4O. The first-order valence-corrected chi connectivity index (χ1v) is 11.0. The molecule has 2 unspecified atom stereocenters. The number of piperidine rings is 1. The molecule has 0 spiro atoms. The normalized spacial score (nSPS) is 17.3. The number of nitrogens with zero attached hydrogens (tertiary/aromatic N) is 2. The summed E-state index contributed by atoms with van der Waals surface area (Å²) in [4.78, 5) is 8.48. The number of nitrogen functional groups attached to an aromatic ring is 1. The summed E-state index contributed by atoms with van der Waals surface area (Å²) in [6, 6.07) is 4.48. The summed E-state index contributed by atoms with van der Waals surface area (Å²) in [6.45, 7) is 3.79. The maximum Gasteiger partial charge on any atom is 0.166 e. The first-order chi connectivity index (χ1) is 14.9. The summed E-state index contributed by atoms with van der Waals surface area (Å²) >= 11 is 12.3. The molecule has 2 atom stereocenters. The van der Waals surface area contributed by atoms with Gasteiger partial charge in [0.2, 0.25) is 0 Å². The van der Waals surface area contributed by atoms with Crippen molar-refractivity contribution in [3.63, 3.8) is 0 Å². The fourth-order valence-corrected chi connectivity index (χ4v) is 4.45. The highest BCUT2D eigenvalue weighted by atomic mass is 35.5. The molecule has 1 fully saturated rings. The number of pyridine rings is 1. The highest BCUT2D eigenvalue weighted by molar-refractivity contribution is 6.36. The van der Waals surface area contributed by atoms with E-state index in [0.29, 0.717) is 22.3 Å². The van der Waals surface area contributed by atoms with Gasteiger partial charge in [-0.1, -0.05) is 35.4 Å². The third kappa shape index (κ3) is 5.97. The van der Waals surface area contributed by atoms with Gasteiger partial charge in [0, 0.05) is 36.0 Å². The van der Waals surface area contributed by atoms with Gasteiger partial charge >= 0.3 is 0 Å². The van der Waals surface area contributed by atoms with Crippen molar-refractivity contribution in [2.24, 2.45) is 16.8 Å². The zero-order chi connectivity index (χ0) is 22.4. The predicted octanol–water partition coefficient (Wildman–Crippen LogP) is 5.58. The van der Waals surface area contributed by atoms with Gasteiger partial charge in [-0.15, -0.1) is 0 Å². The minimum atomic E-state index is -0.617. The number of benzene rings is 1. The third-order valence-corrected chi connectivity index (χ3v) is 6.17. The van der Waals surface area contributed by atoms with Crippen molar-refractivity contribution in [2.45, 2.75) is 25.9 Å². The van der Waals surface area contributed by atoms with Crippen LogP contribution < -0.4 is 15.8 Å². The molecule has 0 bridgehead atoms. The van der Waals surface area contributed by atoms with Crippen LogP contribution in [-0.2, 0) is 0 Å². The highest BCUT2D eigenvalue weighted by Crippen LogP contribution is 2.36. The summed E-state index contributed by atoms with van der Waals surface area (Å²) in [5.74, 6) is 0.862. The number of hydrogen-bond acceptors (Lipinski definition) is 5. The number of aromatic nitrogens is 1. The van der Waals surface area contributed by atoms with Crippen LogP contribution in [-0.4, -0.2) is 31.3 Å². The SMILES string of the molecule is CN=CC(/C=C/c1cnc(N)c(OC(C)c2c(Cl)ccc(F)c2Cl)c1)C1CCNCC1. The fourth-order valence-electron chi connectivity index (χ4n) is 3.77. The number of nitrogens with two attached hydrogens (primary N) is 1. The van der Waals surface area contributed by atoms with Crippen LogP contribution in [0.4, 0.5) is 10.2 Å². The molecule has 3 rings (SSSR count). The van der Waals surface area contributed by atoms with Gasteiger partial charge < -0.3 is 20.8 Å². The molecule has 0 amide bonds. The lowest BCUT2D eigenvalue weighted by Gasteiger charge is -2.26. The van der Waals surface area contributed by atoms with Crippen molar-refractivity contribution in [3.05, 3.63) is 57.5 Å². The number of nitrogens with one attached hydrogen (secondary N) is 1. The molecule has 0 saturated carbocycles. The van der Waals surface area contributed by atoms with Crippen molar-refractivity contribution in [1.29, 1.82) is 0 Å². The minimum absolute atomic E-state index is 0.0637. The van der Waals surface area contributed by atoms with Crippen molar-refractivity contribution >= 4 is 41.3 Å². The Morgan fingerprint density at radius 2 is 2.06 bits per heavy atom. The summed E-state index contributed by atoms with van der Waals surface area (Å²) in [5.41, 5.74) is 7.23. The molecule has 2 aromatic rings. The smallest absolute Gasteiger partial charge is 0.166 e. The van der Waals surface area contributed by atoms with E-state index in [9.17, 15) is 4.39 Å². The lowest BCUT2D eigenvalue weighted by molar-refractivity contribution is 0.227. The Bertz CT molecular complexity index is 961. The zero-order valence-corrected chi connectivity index (χ0v) is 19.1. The molecule has 1 aliphatic heterocycles. The largest absolute Gasteiger partial charge is 0.482 e. The predicted molar refractivity (Wildman–Crippen MR) is 127 cm³/mol. The number of aliphatic imine (C=N–C) groups is 1. The maximum absolute atomic E-state index is 13.9. The number of allylic oxidation sites excluding steroid dienone is 1. The Balaban J connectivity index is 1.80. The molecule has 1 aliphatic rings. The molecule has 1 aromatic carbocycles. The number of halogens is 3. The first kappa shape index (κ1) is 23.5.